The molecular formula is C42H40N4OPt. The summed E-state index contributed by atoms with van der Waals surface area (Å²) < 4.78 is 10.6. The third kappa shape index (κ3) is 6.24. The van der Waals surface area contributed by atoms with Gasteiger partial charge in [0.1, 0.15) is 5.82 Å². The van der Waals surface area contributed by atoms with Crippen LogP contribution in [0.5, 0.6) is 11.5 Å². The molecule has 0 bridgehead atoms. The van der Waals surface area contributed by atoms with E-state index in [1.807, 2.05) is 29.2 Å². The number of aryl methyl sites for hydroxylation is 3. The molecule has 244 valence electrons. The molecule has 3 aromatic heterocycles. The third-order valence-corrected chi connectivity index (χ3v) is 8.94. The van der Waals surface area contributed by atoms with Gasteiger partial charge < -0.3 is 9.30 Å². The van der Waals surface area contributed by atoms with E-state index in [-0.39, 0.29) is 32.4 Å². The van der Waals surface area contributed by atoms with Gasteiger partial charge in [-0.2, -0.15) is 11.2 Å². The summed E-state index contributed by atoms with van der Waals surface area (Å²) in [7, 11) is 0. The molecule has 0 N–H and O–H groups in total. The van der Waals surface area contributed by atoms with Crippen LogP contribution < -0.4 is 4.74 Å². The second kappa shape index (κ2) is 12.9. The van der Waals surface area contributed by atoms with Crippen LogP contribution in [-0.4, -0.2) is 19.3 Å². The van der Waals surface area contributed by atoms with Gasteiger partial charge in [0.05, 0.1) is 6.20 Å². The Labute approximate surface area is 297 Å². The Kier molecular flexibility index (Phi) is 8.95. The van der Waals surface area contributed by atoms with E-state index in [1.165, 1.54) is 22.3 Å². The molecule has 4 aromatic carbocycles. The number of ether oxygens (including phenoxy) is 1. The molecule has 0 aliphatic heterocycles. The summed E-state index contributed by atoms with van der Waals surface area (Å²) in [5, 5.41) is 7.04. The molecule has 6 heteroatoms. The van der Waals surface area contributed by atoms with Crippen molar-refractivity contribution in [2.24, 2.45) is 0 Å². The summed E-state index contributed by atoms with van der Waals surface area (Å²) in [5.41, 5.74) is 11.4. The fourth-order valence-corrected chi connectivity index (χ4v) is 6.43. The number of para-hydroxylation sites is 1. The van der Waals surface area contributed by atoms with Crippen LogP contribution in [0, 0.1) is 32.9 Å². The van der Waals surface area contributed by atoms with Gasteiger partial charge in [0.2, 0.25) is 0 Å². The molecule has 48 heavy (non-hydrogen) atoms. The maximum Gasteiger partial charge on any atom is 2.00 e. The first-order chi connectivity index (χ1) is 22.5. The fraction of sp³-hybridized carbons (Fsp3) is 0.238. The van der Waals surface area contributed by atoms with Gasteiger partial charge in [-0.25, -0.2) is 4.98 Å². The molecule has 0 unspecified atom stereocenters. The molecule has 0 saturated heterocycles. The van der Waals surface area contributed by atoms with Crippen LogP contribution >= 0.6 is 0 Å². The first-order valence-corrected chi connectivity index (χ1v) is 16.3. The van der Waals surface area contributed by atoms with Gasteiger partial charge in [0.25, 0.3) is 0 Å². The Morgan fingerprint density at radius 2 is 1.56 bits per heavy atom. The first-order valence-electron chi connectivity index (χ1n) is 16.3. The summed E-state index contributed by atoms with van der Waals surface area (Å²) in [6, 6.07) is 32.5. The van der Waals surface area contributed by atoms with Crippen LogP contribution in [0.25, 0.3) is 44.4 Å². The molecule has 3 heterocycles. The Morgan fingerprint density at radius 1 is 0.812 bits per heavy atom. The largest absolute Gasteiger partial charge is 2.00 e. The molecule has 0 radical (unpaired) electrons. The van der Waals surface area contributed by atoms with E-state index in [9.17, 15) is 0 Å². The summed E-state index contributed by atoms with van der Waals surface area (Å²) in [5.74, 6) is 2.38. The van der Waals surface area contributed by atoms with Crippen LogP contribution in [0.1, 0.15) is 68.4 Å². The van der Waals surface area contributed by atoms with Crippen molar-refractivity contribution in [1.82, 2.24) is 19.3 Å². The SMILES string of the molecule is Cc1ccnc(-n2c3[c-]c(Oc4[c-]c(-n5cc(-c6c(C)cc(C(C)(C)C)cc6C)cn5)cc(C(C)C)c4)ccc3c3ccccc32)c1.[Pt+2]. The number of nitrogens with zero attached hydrogens (tertiary/aromatic N) is 4. The Hall–Kier alpha value is -4.47. The molecule has 0 amide bonds. The maximum atomic E-state index is 6.54. The van der Waals surface area contributed by atoms with E-state index in [0.29, 0.717) is 11.5 Å². The summed E-state index contributed by atoms with van der Waals surface area (Å²) in [6.45, 7) is 17.6. The van der Waals surface area contributed by atoms with Gasteiger partial charge in [-0.05, 0) is 89.2 Å². The molecular weight excluding hydrogens is 772 g/mol. The van der Waals surface area contributed by atoms with Crippen LogP contribution in [0.2, 0.25) is 0 Å². The Balaban J connectivity index is 0.00000401. The molecule has 0 saturated carbocycles. The number of hydrogen-bond acceptors (Lipinski definition) is 3. The molecule has 7 rings (SSSR count). The van der Waals surface area contributed by atoms with Crippen molar-refractivity contribution >= 4 is 21.8 Å². The maximum absolute atomic E-state index is 6.54. The predicted molar refractivity (Wildman–Crippen MR) is 192 cm³/mol. The molecule has 0 atom stereocenters. The standard InChI is InChI=1S/C42H40N4O.Pt/c1-26(2)30-20-33(45-25-31(24-44-45)41-28(4)18-32(19-29(41)5)42(6,7)8)22-35(21-30)47-34-13-14-37-36-11-9-10-12-38(36)46(39(37)23-34)40-17-27(3)15-16-43-40;/h9-21,24-26H,1-8H3;/q-2;+2. The van der Waals surface area contributed by atoms with E-state index in [1.54, 1.807) is 0 Å². The van der Waals surface area contributed by atoms with E-state index in [2.05, 4.69) is 139 Å². The number of aromatic nitrogens is 4. The quantitative estimate of drug-likeness (QED) is 0.157. The van der Waals surface area contributed by atoms with Crippen molar-refractivity contribution in [2.75, 3.05) is 0 Å². The number of rotatable bonds is 6. The van der Waals surface area contributed by atoms with Crippen molar-refractivity contribution in [2.45, 2.75) is 66.7 Å². The van der Waals surface area contributed by atoms with Crippen molar-refractivity contribution in [3.8, 4) is 34.1 Å². The Morgan fingerprint density at radius 3 is 2.27 bits per heavy atom. The normalized spacial score (nSPS) is 11.8. The molecule has 5 nitrogen and oxygen atoms in total. The number of benzene rings is 4. The second-order valence-corrected chi connectivity index (χ2v) is 14.0. The van der Waals surface area contributed by atoms with Crippen LogP contribution in [0.3, 0.4) is 0 Å². The van der Waals surface area contributed by atoms with Crippen molar-refractivity contribution in [3.63, 3.8) is 0 Å². The van der Waals surface area contributed by atoms with E-state index in [4.69, 9.17) is 14.8 Å². The fourth-order valence-electron chi connectivity index (χ4n) is 6.43. The van der Waals surface area contributed by atoms with Crippen LogP contribution in [0.4, 0.5) is 0 Å². The number of hydrogen-bond donors (Lipinski definition) is 0. The monoisotopic (exact) mass is 811 g/mol. The minimum absolute atomic E-state index is 0. The third-order valence-electron chi connectivity index (χ3n) is 8.94. The van der Waals surface area contributed by atoms with Gasteiger partial charge in [0.15, 0.2) is 0 Å². The summed E-state index contributed by atoms with van der Waals surface area (Å²) in [6.07, 6.45) is 5.89. The summed E-state index contributed by atoms with van der Waals surface area (Å²) in [4.78, 5) is 4.71. The molecule has 0 aliphatic carbocycles. The topological polar surface area (TPSA) is 44.9 Å². The minimum Gasteiger partial charge on any atom is -0.509 e. The Bertz CT molecular complexity index is 2260. The second-order valence-electron chi connectivity index (χ2n) is 14.0. The van der Waals surface area contributed by atoms with E-state index >= 15 is 0 Å². The molecule has 0 fully saturated rings. The average molecular weight is 812 g/mol. The van der Waals surface area contributed by atoms with Crippen LogP contribution in [0.15, 0.2) is 91.4 Å². The van der Waals surface area contributed by atoms with E-state index in [0.717, 1.165) is 50.0 Å². The van der Waals surface area contributed by atoms with Gasteiger partial charge in [0, 0.05) is 35.0 Å². The van der Waals surface area contributed by atoms with Gasteiger partial charge in [-0.3, -0.25) is 4.68 Å². The van der Waals surface area contributed by atoms with Gasteiger partial charge in [-0.15, -0.1) is 41.3 Å². The van der Waals surface area contributed by atoms with Crippen molar-refractivity contribution in [3.05, 3.63) is 131 Å². The average Bonchev–Trinajstić information content (AvgIpc) is 3.63. The smallest absolute Gasteiger partial charge is 0.509 e. The van der Waals surface area contributed by atoms with E-state index < -0.39 is 0 Å². The number of pyridine rings is 1. The zero-order valence-electron chi connectivity index (χ0n) is 28.8. The van der Waals surface area contributed by atoms with Gasteiger partial charge >= 0.3 is 21.1 Å². The van der Waals surface area contributed by atoms with Crippen LogP contribution in [-0.2, 0) is 26.5 Å². The molecule has 0 spiro atoms. The molecule has 0 aliphatic rings. The van der Waals surface area contributed by atoms with Gasteiger partial charge in [-0.1, -0.05) is 70.5 Å². The number of fused-ring (bicyclic) bond motifs is 3. The van der Waals surface area contributed by atoms with Crippen molar-refractivity contribution in [1.29, 1.82) is 0 Å². The predicted octanol–water partition coefficient (Wildman–Crippen LogP) is 10.8. The molecule has 7 aromatic rings. The minimum atomic E-state index is 0. The first kappa shape index (κ1) is 33.4. The van der Waals surface area contributed by atoms with Crippen molar-refractivity contribution < 1.29 is 25.8 Å². The summed E-state index contributed by atoms with van der Waals surface area (Å²) >= 11 is 0. The zero-order valence-corrected chi connectivity index (χ0v) is 31.0. The zero-order chi connectivity index (χ0) is 33.0.